The van der Waals surface area contributed by atoms with Crippen LogP contribution < -0.4 is 9.47 Å². The zero-order valence-electron chi connectivity index (χ0n) is 41.3. The normalized spacial score (nSPS) is 21.0. The Morgan fingerprint density at radius 2 is 0.783 bits per heavy atom. The molecule has 60 heavy (non-hydrogen) atoms. The Kier molecular flexibility index (Phi) is 20.0. The van der Waals surface area contributed by atoms with E-state index in [2.05, 4.69) is 83.1 Å². The van der Waals surface area contributed by atoms with E-state index in [4.69, 9.17) is 9.47 Å². The van der Waals surface area contributed by atoms with Crippen LogP contribution in [-0.4, -0.2) is 21.4 Å². The Hall–Kier alpha value is -2.36. The highest BCUT2D eigenvalue weighted by Crippen LogP contribution is 2.46. The molecule has 0 radical (unpaired) electrons. The molecule has 0 aliphatic carbocycles. The molecule has 0 aromatic heterocycles. The van der Waals surface area contributed by atoms with Crippen LogP contribution in [0.1, 0.15) is 231 Å². The number of phenolic OH excluding ortho intramolecular Hbond substituents is 2. The summed E-state index contributed by atoms with van der Waals surface area (Å²) >= 11 is 0. The van der Waals surface area contributed by atoms with Crippen molar-refractivity contribution in [2.75, 3.05) is 0 Å². The van der Waals surface area contributed by atoms with Crippen LogP contribution in [0.3, 0.4) is 0 Å². The lowest BCUT2D eigenvalue weighted by atomic mass is 9.82. The van der Waals surface area contributed by atoms with Gasteiger partial charge in [-0.2, -0.15) is 0 Å². The summed E-state index contributed by atoms with van der Waals surface area (Å²) in [5, 5.41) is 22.7. The largest absolute Gasteiger partial charge is 0.508 e. The van der Waals surface area contributed by atoms with E-state index in [0.717, 1.165) is 119 Å². The number of fused-ring (bicyclic) bond motifs is 2. The van der Waals surface area contributed by atoms with Crippen molar-refractivity contribution in [3.05, 3.63) is 45.5 Å². The van der Waals surface area contributed by atoms with Gasteiger partial charge in [-0.15, -0.1) is 0 Å². The lowest BCUT2D eigenvalue weighted by Crippen LogP contribution is -2.37. The number of phenols is 2. The second kappa shape index (κ2) is 23.9. The summed E-state index contributed by atoms with van der Waals surface area (Å²) in [6.45, 7) is 27.9. The quantitative estimate of drug-likeness (QED) is 0.0942. The maximum absolute atomic E-state index is 11.3. The molecule has 4 heteroatoms. The molecular formula is C56H94O4. The Labute approximate surface area is 370 Å². The summed E-state index contributed by atoms with van der Waals surface area (Å²) in [4.78, 5) is 0. The molecule has 2 aromatic rings. The molecule has 6 atom stereocenters. The molecule has 0 saturated heterocycles. The molecule has 0 amide bonds. The lowest BCUT2D eigenvalue weighted by Gasteiger charge is -2.38. The molecule has 4 nitrogen and oxygen atoms in total. The van der Waals surface area contributed by atoms with E-state index in [1.54, 1.807) is 0 Å². The van der Waals surface area contributed by atoms with Gasteiger partial charge in [-0.25, -0.2) is 0 Å². The van der Waals surface area contributed by atoms with Gasteiger partial charge in [-0.3, -0.25) is 0 Å². The predicted octanol–water partition coefficient (Wildman–Crippen LogP) is 16.5. The standard InChI is InChI=1S/C56H94O4/c1-39(2)19-13-21-41(5)23-15-25-43(7)27-17-33-55(11)35-31-49-47(51(57)37-45(9)53(49)59-55)29-30-48-50-32-36-56(12,60-54(50)46(10)38-52(48)58)34-18-28-44(8)26-16-24-42(6)22-14-20-40(3)4/h37-44,57-58H,13-36H2,1-12H3/t41-,42-,43-,44-,55-,56-/m1/s1. The van der Waals surface area contributed by atoms with Crippen molar-refractivity contribution in [3.63, 3.8) is 0 Å². The molecule has 0 fully saturated rings. The fraction of sp³-hybridized carbons (Fsp3) is 0.786. The van der Waals surface area contributed by atoms with Crippen LogP contribution in [0, 0.1) is 49.4 Å². The molecule has 2 aliphatic rings. The lowest BCUT2D eigenvalue weighted by molar-refractivity contribution is 0.0506. The average molecular weight is 831 g/mol. The smallest absolute Gasteiger partial charge is 0.126 e. The summed E-state index contributed by atoms with van der Waals surface area (Å²) < 4.78 is 13.8. The van der Waals surface area contributed by atoms with Gasteiger partial charge in [-0.1, -0.05) is 145 Å². The third-order valence-electron chi connectivity index (χ3n) is 15.0. The first-order valence-corrected chi connectivity index (χ1v) is 25.4. The van der Waals surface area contributed by atoms with Crippen molar-refractivity contribution >= 4 is 0 Å². The Bertz CT molecular complexity index is 1470. The van der Waals surface area contributed by atoms with E-state index in [-0.39, 0.29) is 11.2 Å². The van der Waals surface area contributed by atoms with Crippen molar-refractivity contribution in [2.45, 2.75) is 248 Å². The second-order valence-electron chi connectivity index (χ2n) is 22.3. The van der Waals surface area contributed by atoms with Crippen molar-refractivity contribution in [1.29, 1.82) is 0 Å². The van der Waals surface area contributed by atoms with Crippen molar-refractivity contribution in [1.82, 2.24) is 0 Å². The number of aromatic hydroxyl groups is 2. The van der Waals surface area contributed by atoms with E-state index in [9.17, 15) is 10.2 Å². The molecule has 2 heterocycles. The van der Waals surface area contributed by atoms with Gasteiger partial charge >= 0.3 is 0 Å². The van der Waals surface area contributed by atoms with Crippen LogP contribution in [0.4, 0.5) is 0 Å². The SMILES string of the molecule is Cc1cc(O)c(CCc2c(O)cc(C)c3c2CC[C@@](C)(CCC[C@H](C)CCC[C@H](C)CCCC(C)C)O3)c2c1O[C@](C)(CCC[C@H](C)CCC[C@H](C)CCCC(C)C)CC2. The number of hydrogen-bond donors (Lipinski definition) is 2. The minimum atomic E-state index is -0.182. The zero-order chi connectivity index (χ0) is 44.0. The predicted molar refractivity (Wildman–Crippen MR) is 257 cm³/mol. The fourth-order valence-electron chi connectivity index (χ4n) is 10.7. The first-order valence-electron chi connectivity index (χ1n) is 25.4. The summed E-state index contributed by atoms with van der Waals surface area (Å²) in [5.41, 5.74) is 5.97. The van der Waals surface area contributed by atoms with Crippen LogP contribution in [-0.2, 0) is 25.7 Å². The topological polar surface area (TPSA) is 58.9 Å². The Balaban J connectivity index is 1.28. The molecule has 2 N–H and O–H groups in total. The summed E-state index contributed by atoms with van der Waals surface area (Å²) in [6, 6.07) is 3.81. The number of benzene rings is 2. The van der Waals surface area contributed by atoms with Gasteiger partial charge < -0.3 is 19.7 Å². The fourth-order valence-corrected chi connectivity index (χ4v) is 10.7. The summed E-state index contributed by atoms with van der Waals surface area (Å²) in [7, 11) is 0. The van der Waals surface area contributed by atoms with E-state index >= 15 is 0 Å². The van der Waals surface area contributed by atoms with Gasteiger partial charge in [0.1, 0.15) is 34.2 Å². The molecule has 0 spiro atoms. The first kappa shape index (κ1) is 50.3. The molecule has 0 unspecified atom stereocenters. The van der Waals surface area contributed by atoms with Gasteiger partial charge in [0.25, 0.3) is 0 Å². The van der Waals surface area contributed by atoms with E-state index in [0.29, 0.717) is 24.3 Å². The number of hydrogen-bond acceptors (Lipinski definition) is 4. The first-order chi connectivity index (χ1) is 28.4. The van der Waals surface area contributed by atoms with E-state index in [1.807, 2.05) is 12.1 Å². The van der Waals surface area contributed by atoms with Crippen molar-refractivity contribution in [2.24, 2.45) is 35.5 Å². The molecule has 2 aliphatic heterocycles. The Morgan fingerprint density at radius 1 is 0.483 bits per heavy atom. The summed E-state index contributed by atoms with van der Waals surface area (Å²) in [6.07, 6.45) is 28.5. The average Bonchev–Trinajstić information content (AvgIpc) is 3.16. The molecule has 0 bridgehead atoms. The molecular weight excluding hydrogens is 737 g/mol. The van der Waals surface area contributed by atoms with Crippen LogP contribution in [0.5, 0.6) is 23.0 Å². The van der Waals surface area contributed by atoms with Gasteiger partial charge in [0.15, 0.2) is 0 Å². The van der Waals surface area contributed by atoms with Gasteiger partial charge in [-0.05, 0) is 151 Å². The second-order valence-corrected chi connectivity index (χ2v) is 22.3. The van der Waals surface area contributed by atoms with E-state index < -0.39 is 0 Å². The van der Waals surface area contributed by atoms with E-state index in [1.165, 1.54) is 103 Å². The van der Waals surface area contributed by atoms with Crippen LogP contribution in [0.15, 0.2) is 12.1 Å². The molecule has 4 rings (SSSR count). The highest BCUT2D eigenvalue weighted by atomic mass is 16.5. The van der Waals surface area contributed by atoms with Gasteiger partial charge in [0.05, 0.1) is 0 Å². The minimum Gasteiger partial charge on any atom is -0.508 e. The number of aryl methyl sites for hydroxylation is 2. The number of rotatable bonds is 27. The molecule has 342 valence electrons. The highest BCUT2D eigenvalue weighted by Gasteiger charge is 2.36. The van der Waals surface area contributed by atoms with Crippen LogP contribution in [0.25, 0.3) is 0 Å². The minimum absolute atomic E-state index is 0.182. The highest BCUT2D eigenvalue weighted by molar-refractivity contribution is 5.57. The van der Waals surface area contributed by atoms with Gasteiger partial charge in [0.2, 0.25) is 0 Å². The maximum atomic E-state index is 11.3. The molecule has 2 aromatic carbocycles. The summed E-state index contributed by atoms with van der Waals surface area (Å²) in [5.74, 6) is 7.53. The van der Waals surface area contributed by atoms with Crippen LogP contribution in [0.2, 0.25) is 0 Å². The van der Waals surface area contributed by atoms with Crippen LogP contribution >= 0.6 is 0 Å². The monoisotopic (exact) mass is 831 g/mol. The van der Waals surface area contributed by atoms with Gasteiger partial charge in [0, 0.05) is 22.3 Å². The third-order valence-corrected chi connectivity index (χ3v) is 15.0. The molecule has 0 saturated carbocycles. The Morgan fingerprint density at radius 3 is 1.10 bits per heavy atom. The maximum Gasteiger partial charge on any atom is 0.126 e. The third kappa shape index (κ3) is 15.8. The number of ether oxygens (including phenoxy) is 2. The van der Waals surface area contributed by atoms with Crippen molar-refractivity contribution in [3.8, 4) is 23.0 Å². The van der Waals surface area contributed by atoms with Crippen molar-refractivity contribution < 1.29 is 19.7 Å². The zero-order valence-corrected chi connectivity index (χ0v) is 41.3.